The van der Waals surface area contributed by atoms with E-state index in [0.29, 0.717) is 5.75 Å². The minimum atomic E-state index is -1.78. The van der Waals surface area contributed by atoms with E-state index in [1.807, 2.05) is 20.8 Å². The topological polar surface area (TPSA) is 137 Å². The van der Waals surface area contributed by atoms with E-state index in [2.05, 4.69) is 0 Å². The van der Waals surface area contributed by atoms with E-state index in [1.165, 1.54) is 12.1 Å². The van der Waals surface area contributed by atoms with Crippen LogP contribution in [0.25, 0.3) is 0 Å². The summed E-state index contributed by atoms with van der Waals surface area (Å²) in [5.41, 5.74) is -0.105. The minimum absolute atomic E-state index is 0.226. The number of benzene rings is 1. The predicted molar refractivity (Wildman–Crippen MR) is 92.8 cm³/mol. The maximum absolute atomic E-state index is 12.0. The summed E-state index contributed by atoms with van der Waals surface area (Å²) >= 11 is 0. The average molecular weight is 372 g/mol. The van der Waals surface area contributed by atoms with Crippen LogP contribution in [0, 0.1) is 0 Å². The van der Waals surface area contributed by atoms with Gasteiger partial charge in [-0.2, -0.15) is 0 Å². The van der Waals surface area contributed by atoms with Crippen molar-refractivity contribution in [1.29, 1.82) is 0 Å². The molecule has 0 radical (unpaired) electrons. The van der Waals surface area contributed by atoms with Crippen molar-refractivity contribution in [3.8, 4) is 5.75 Å². The van der Waals surface area contributed by atoms with E-state index in [9.17, 15) is 25.2 Å². The molecule has 8 nitrogen and oxygen atoms in total. The van der Waals surface area contributed by atoms with E-state index in [4.69, 9.17) is 14.6 Å². The largest absolute Gasteiger partial charge is 0.488 e. The first-order valence-corrected chi connectivity index (χ1v) is 8.40. The second-order valence-corrected chi connectivity index (χ2v) is 6.64. The fourth-order valence-corrected chi connectivity index (χ4v) is 1.96. The average Bonchev–Trinajstić information content (AvgIpc) is 2.64. The smallest absolute Gasteiger partial charge is 0.338 e. The Morgan fingerprint density at radius 3 is 2.08 bits per heavy atom. The van der Waals surface area contributed by atoms with Gasteiger partial charge in [0.1, 0.15) is 42.4 Å². The Labute approximate surface area is 152 Å². The lowest BCUT2D eigenvalue weighted by atomic mass is 10.0. The molecule has 0 aromatic heterocycles. The first kappa shape index (κ1) is 22.3. The molecule has 1 rings (SSSR count). The highest BCUT2D eigenvalue weighted by Gasteiger charge is 2.30. The van der Waals surface area contributed by atoms with Gasteiger partial charge in [0, 0.05) is 0 Å². The zero-order chi connectivity index (χ0) is 19.9. The minimum Gasteiger partial charge on any atom is -0.488 e. The fraction of sp³-hybridized carbons (Fsp3) is 0.611. The summed E-state index contributed by atoms with van der Waals surface area (Å²) in [5.74, 6) is -0.125. The Hall–Kier alpha value is -1.71. The first-order valence-electron chi connectivity index (χ1n) is 8.40. The Bertz CT molecular complexity index is 557. The molecule has 0 aliphatic rings. The molecule has 0 bridgehead atoms. The van der Waals surface area contributed by atoms with Gasteiger partial charge in [-0.25, -0.2) is 4.79 Å². The third-order valence-electron chi connectivity index (χ3n) is 4.05. The monoisotopic (exact) mass is 372 g/mol. The highest BCUT2D eigenvalue weighted by atomic mass is 16.5. The van der Waals surface area contributed by atoms with Gasteiger partial charge in [-0.3, -0.25) is 0 Å². The van der Waals surface area contributed by atoms with Crippen molar-refractivity contribution in [2.45, 2.75) is 57.2 Å². The summed E-state index contributed by atoms with van der Waals surface area (Å²) in [4.78, 5) is 12.0. The van der Waals surface area contributed by atoms with Crippen LogP contribution in [-0.2, 0) is 4.74 Å². The highest BCUT2D eigenvalue weighted by Crippen LogP contribution is 2.21. The van der Waals surface area contributed by atoms with E-state index in [-0.39, 0.29) is 11.2 Å². The van der Waals surface area contributed by atoms with E-state index in [1.54, 1.807) is 12.1 Å². The molecule has 1 aromatic carbocycles. The first-order chi connectivity index (χ1) is 12.1. The molecule has 26 heavy (non-hydrogen) atoms. The molecule has 5 N–H and O–H groups in total. The number of aliphatic hydroxyl groups is 5. The third-order valence-corrected chi connectivity index (χ3v) is 4.05. The Balaban J connectivity index is 2.57. The summed E-state index contributed by atoms with van der Waals surface area (Å²) < 4.78 is 10.7. The summed E-state index contributed by atoms with van der Waals surface area (Å²) in [6.07, 6.45) is -5.98. The normalized spacial score (nSPS) is 16.5. The van der Waals surface area contributed by atoms with Crippen molar-refractivity contribution in [2.75, 3.05) is 13.2 Å². The zero-order valence-electron chi connectivity index (χ0n) is 15.2. The molecule has 0 aliphatic carbocycles. The number of hydrogen-bond donors (Lipinski definition) is 5. The van der Waals surface area contributed by atoms with Gasteiger partial charge in [-0.05, 0) is 44.5 Å². The molecule has 1 aromatic rings. The molecular weight excluding hydrogens is 344 g/mol. The van der Waals surface area contributed by atoms with Gasteiger partial charge in [0.05, 0.1) is 12.2 Å². The molecule has 0 saturated heterocycles. The van der Waals surface area contributed by atoms with Gasteiger partial charge in [-0.1, -0.05) is 6.92 Å². The number of esters is 1. The second-order valence-electron chi connectivity index (χ2n) is 6.64. The highest BCUT2D eigenvalue weighted by molar-refractivity contribution is 5.89. The third kappa shape index (κ3) is 6.54. The van der Waals surface area contributed by atoms with Crippen molar-refractivity contribution in [3.63, 3.8) is 0 Å². The van der Waals surface area contributed by atoms with Gasteiger partial charge in [0.25, 0.3) is 0 Å². The van der Waals surface area contributed by atoms with Crippen LogP contribution in [0.4, 0.5) is 0 Å². The molecule has 0 fully saturated rings. The maximum atomic E-state index is 12.0. The fourth-order valence-electron chi connectivity index (χ4n) is 1.96. The molecule has 0 unspecified atom stereocenters. The van der Waals surface area contributed by atoms with Crippen LogP contribution < -0.4 is 4.74 Å². The van der Waals surface area contributed by atoms with Gasteiger partial charge in [-0.15, -0.1) is 0 Å². The van der Waals surface area contributed by atoms with Crippen LogP contribution in [0.5, 0.6) is 5.75 Å². The number of hydrogen-bond acceptors (Lipinski definition) is 8. The number of carbonyl (C=O) groups excluding carboxylic acids is 1. The zero-order valence-corrected chi connectivity index (χ0v) is 15.2. The molecule has 148 valence electrons. The SMILES string of the molecule is CCC(C)(C)Oc1ccc(C(=O)OC[C@@H](O)[C@@H](O)[C@H](O)[C@@H](O)CO)cc1. The van der Waals surface area contributed by atoms with Crippen molar-refractivity contribution in [2.24, 2.45) is 0 Å². The number of aliphatic hydroxyl groups excluding tert-OH is 5. The summed E-state index contributed by atoms with van der Waals surface area (Å²) in [7, 11) is 0. The van der Waals surface area contributed by atoms with Gasteiger partial charge in [0.15, 0.2) is 0 Å². The second kappa shape index (κ2) is 9.84. The van der Waals surface area contributed by atoms with Crippen LogP contribution in [0.1, 0.15) is 37.6 Å². The van der Waals surface area contributed by atoms with Crippen molar-refractivity contribution >= 4 is 5.97 Å². The van der Waals surface area contributed by atoms with Gasteiger partial charge >= 0.3 is 5.97 Å². The summed E-state index contributed by atoms with van der Waals surface area (Å²) in [5, 5.41) is 46.8. The van der Waals surface area contributed by atoms with Crippen LogP contribution in [0.15, 0.2) is 24.3 Å². The molecule has 0 spiro atoms. The van der Waals surface area contributed by atoms with E-state index < -0.39 is 43.6 Å². The Morgan fingerprint density at radius 2 is 1.58 bits per heavy atom. The molecule has 0 amide bonds. The van der Waals surface area contributed by atoms with Crippen LogP contribution in [0.2, 0.25) is 0 Å². The Morgan fingerprint density at radius 1 is 1.04 bits per heavy atom. The quantitative estimate of drug-likeness (QED) is 0.358. The van der Waals surface area contributed by atoms with Gasteiger partial charge < -0.3 is 35.0 Å². The van der Waals surface area contributed by atoms with Crippen molar-refractivity contribution < 1.29 is 39.8 Å². The summed E-state index contributed by atoms with van der Waals surface area (Å²) in [6, 6.07) is 6.27. The van der Waals surface area contributed by atoms with E-state index in [0.717, 1.165) is 6.42 Å². The predicted octanol–water partition coefficient (Wildman–Crippen LogP) is -0.153. The van der Waals surface area contributed by atoms with Crippen molar-refractivity contribution in [3.05, 3.63) is 29.8 Å². The molecule has 0 aliphatic heterocycles. The van der Waals surface area contributed by atoms with Crippen LogP contribution in [0.3, 0.4) is 0 Å². The van der Waals surface area contributed by atoms with Crippen molar-refractivity contribution in [1.82, 2.24) is 0 Å². The lowest BCUT2D eigenvalue weighted by Crippen LogP contribution is -2.47. The Kier molecular flexibility index (Phi) is 8.45. The van der Waals surface area contributed by atoms with E-state index >= 15 is 0 Å². The number of carbonyl (C=O) groups is 1. The van der Waals surface area contributed by atoms with Crippen LogP contribution >= 0.6 is 0 Å². The molecule has 4 atom stereocenters. The lowest BCUT2D eigenvalue weighted by molar-refractivity contribution is -0.124. The lowest BCUT2D eigenvalue weighted by Gasteiger charge is -2.25. The molecule has 0 heterocycles. The number of rotatable bonds is 10. The standard InChI is InChI=1S/C18H28O8/c1-4-18(2,3)26-12-7-5-11(6-8-12)17(24)25-10-14(21)16(23)15(22)13(20)9-19/h5-8,13-16,19-23H,4,9-10H2,1-3H3/t13-,14+,15+,16+/m0/s1. The van der Waals surface area contributed by atoms with Crippen LogP contribution in [-0.4, -0.2) is 74.7 Å². The molecule has 0 saturated carbocycles. The molecular formula is C18H28O8. The number of ether oxygens (including phenoxy) is 2. The van der Waals surface area contributed by atoms with Gasteiger partial charge in [0.2, 0.25) is 0 Å². The molecule has 8 heteroatoms. The maximum Gasteiger partial charge on any atom is 0.338 e. The summed E-state index contributed by atoms with van der Waals surface area (Å²) in [6.45, 7) is 4.53.